The molecule has 10 heteroatoms. The first-order chi connectivity index (χ1) is 15.8. The highest BCUT2D eigenvalue weighted by atomic mass is 16.7. The Morgan fingerprint density at radius 2 is 2.06 bits per heavy atom. The summed E-state index contributed by atoms with van der Waals surface area (Å²) in [6.45, 7) is 3.77. The minimum Gasteiger partial charge on any atom is -0.409 e. The van der Waals surface area contributed by atoms with Crippen LogP contribution in [0.1, 0.15) is 37.8 Å². The molecule has 4 rings (SSSR count). The Morgan fingerprint density at radius 3 is 2.70 bits per heavy atom. The third kappa shape index (κ3) is 5.59. The molecule has 1 saturated carbocycles. The Balaban J connectivity index is 1.45. The summed E-state index contributed by atoms with van der Waals surface area (Å²) >= 11 is 0. The highest BCUT2D eigenvalue weighted by Gasteiger charge is 2.31. The highest BCUT2D eigenvalue weighted by molar-refractivity contribution is 5.99. The predicted octanol–water partition coefficient (Wildman–Crippen LogP) is 0.844. The number of aliphatic imine (C=N–C) groups is 1. The number of aryl methyl sites for hydroxylation is 1. The number of nitrogens with one attached hydrogen (secondary N) is 3. The van der Waals surface area contributed by atoms with Gasteiger partial charge in [0.1, 0.15) is 24.4 Å². The smallest absolute Gasteiger partial charge is 0.240 e. The lowest BCUT2D eigenvalue weighted by Gasteiger charge is -2.31. The fourth-order valence-electron chi connectivity index (χ4n) is 3.65. The molecule has 2 unspecified atom stereocenters. The number of anilines is 1. The highest BCUT2D eigenvalue weighted by Crippen LogP contribution is 2.34. The van der Waals surface area contributed by atoms with Crippen molar-refractivity contribution in [3.05, 3.63) is 47.2 Å². The topological polar surface area (TPSA) is 136 Å². The van der Waals surface area contributed by atoms with Gasteiger partial charge in [0.05, 0.1) is 17.9 Å². The second kappa shape index (κ2) is 9.74. The van der Waals surface area contributed by atoms with E-state index in [1.165, 1.54) is 11.0 Å². The van der Waals surface area contributed by atoms with Crippen LogP contribution >= 0.6 is 0 Å². The van der Waals surface area contributed by atoms with Gasteiger partial charge in [-0.2, -0.15) is 0 Å². The lowest BCUT2D eigenvalue weighted by atomic mass is 10.0. The number of hydrogen-bond donors (Lipinski definition) is 5. The summed E-state index contributed by atoms with van der Waals surface area (Å²) in [6.07, 6.45) is 3.69. The summed E-state index contributed by atoms with van der Waals surface area (Å²) < 4.78 is 0. The molecule has 2 atom stereocenters. The number of carbonyl (C=O) groups excluding carboxylic acids is 2. The van der Waals surface area contributed by atoms with E-state index in [0.29, 0.717) is 23.0 Å². The van der Waals surface area contributed by atoms with Gasteiger partial charge in [-0.15, -0.1) is 5.48 Å². The van der Waals surface area contributed by atoms with E-state index < -0.39 is 12.5 Å². The molecular weight excluding hydrogens is 426 g/mol. The Morgan fingerprint density at radius 1 is 1.27 bits per heavy atom. The molecular formula is C23H29N5O5. The summed E-state index contributed by atoms with van der Waals surface area (Å²) in [5.74, 6) is 0.611. The largest absolute Gasteiger partial charge is 0.409 e. The van der Waals surface area contributed by atoms with E-state index in [9.17, 15) is 19.8 Å². The summed E-state index contributed by atoms with van der Waals surface area (Å²) in [7, 11) is 0. The van der Waals surface area contributed by atoms with Gasteiger partial charge in [-0.3, -0.25) is 9.59 Å². The molecule has 2 amide bonds. The van der Waals surface area contributed by atoms with Crippen LogP contribution in [0.3, 0.4) is 0 Å². The maximum Gasteiger partial charge on any atom is 0.240 e. The van der Waals surface area contributed by atoms with Gasteiger partial charge in [-0.05, 0) is 43.9 Å². The number of amides is 2. The van der Waals surface area contributed by atoms with Crippen LogP contribution in [0.15, 0.2) is 41.1 Å². The van der Waals surface area contributed by atoms with E-state index in [1.54, 1.807) is 13.0 Å². The summed E-state index contributed by atoms with van der Waals surface area (Å²) in [5.41, 5.74) is 5.37. The van der Waals surface area contributed by atoms with Crippen LogP contribution in [0.2, 0.25) is 0 Å². The molecule has 0 saturated heterocycles. The van der Waals surface area contributed by atoms with Gasteiger partial charge in [-0.1, -0.05) is 19.1 Å². The summed E-state index contributed by atoms with van der Waals surface area (Å²) in [5, 5.41) is 25.8. The molecule has 33 heavy (non-hydrogen) atoms. The predicted molar refractivity (Wildman–Crippen MR) is 122 cm³/mol. The second-order valence-electron chi connectivity index (χ2n) is 8.32. The van der Waals surface area contributed by atoms with E-state index in [1.807, 2.05) is 25.1 Å². The Kier molecular flexibility index (Phi) is 6.77. The van der Waals surface area contributed by atoms with Gasteiger partial charge in [0, 0.05) is 17.6 Å². The van der Waals surface area contributed by atoms with E-state index in [2.05, 4.69) is 21.1 Å². The van der Waals surface area contributed by atoms with E-state index in [-0.39, 0.29) is 30.8 Å². The van der Waals surface area contributed by atoms with Crippen molar-refractivity contribution >= 4 is 29.0 Å². The number of hydroxylamine groups is 1. The van der Waals surface area contributed by atoms with E-state index >= 15 is 0 Å². The number of hydrogen-bond acceptors (Lipinski definition) is 8. The lowest BCUT2D eigenvalue weighted by Crippen LogP contribution is -2.46. The minimum absolute atomic E-state index is 0.00420. The molecule has 0 spiro atoms. The third-order valence-electron chi connectivity index (χ3n) is 5.73. The maximum atomic E-state index is 12.4. The van der Waals surface area contributed by atoms with Gasteiger partial charge in [0.2, 0.25) is 11.8 Å². The number of nitrogens with zero attached hydrogens (tertiary/aromatic N) is 2. The summed E-state index contributed by atoms with van der Waals surface area (Å²) in [4.78, 5) is 35.8. The Hall–Kier alpha value is -3.21. The standard InChI is InChI=1S/C23H29N5O5/c1-3-14-4-7-17(18(8-14)26-23(32)15-5-6-15)19-10-22(31)28(13(2)25-19)12-21(30)24-11-16-9-20(29)27-33-16/h4,7-10,15,20,22,27,29,31H,3,5-6,11-12H2,1-2H3,(H,24,30)(H,26,32). The van der Waals surface area contributed by atoms with Gasteiger partial charge in [0.25, 0.3) is 0 Å². The number of aliphatic hydroxyl groups excluding tert-OH is 2. The molecule has 1 aliphatic carbocycles. The van der Waals surface area contributed by atoms with E-state index in [0.717, 1.165) is 30.4 Å². The number of carbonyl (C=O) groups is 2. The maximum absolute atomic E-state index is 12.4. The first-order valence-corrected chi connectivity index (χ1v) is 11.1. The average molecular weight is 456 g/mol. The van der Waals surface area contributed by atoms with Crippen LogP contribution in [0.5, 0.6) is 0 Å². The average Bonchev–Trinajstić information content (AvgIpc) is 3.56. The van der Waals surface area contributed by atoms with Crippen molar-refractivity contribution in [2.24, 2.45) is 10.9 Å². The SMILES string of the molecule is CCc1ccc(C2=CC(O)N(CC(=O)NCC3=CC(O)NO3)C(C)=N2)c(NC(=O)C2CC2)c1. The molecule has 1 aromatic rings. The molecule has 2 heterocycles. The summed E-state index contributed by atoms with van der Waals surface area (Å²) in [6, 6.07) is 5.82. The van der Waals surface area contributed by atoms with Crippen LogP contribution in [0, 0.1) is 5.92 Å². The number of rotatable bonds is 8. The first-order valence-electron chi connectivity index (χ1n) is 11.1. The van der Waals surface area contributed by atoms with Crippen LogP contribution in [0.4, 0.5) is 5.69 Å². The lowest BCUT2D eigenvalue weighted by molar-refractivity contribution is -0.122. The molecule has 0 bridgehead atoms. The number of aliphatic hydroxyl groups is 2. The molecule has 0 radical (unpaired) electrons. The zero-order valence-electron chi connectivity index (χ0n) is 18.7. The molecule has 1 aromatic carbocycles. The molecule has 176 valence electrons. The van der Waals surface area contributed by atoms with Crippen LogP contribution < -0.4 is 16.1 Å². The van der Waals surface area contributed by atoms with Crippen molar-refractivity contribution in [1.29, 1.82) is 0 Å². The van der Waals surface area contributed by atoms with Gasteiger partial charge in [-0.25, -0.2) is 4.99 Å². The fourth-order valence-corrected chi connectivity index (χ4v) is 3.65. The minimum atomic E-state index is -1.06. The molecule has 2 aliphatic heterocycles. The molecule has 3 aliphatic rings. The van der Waals surface area contributed by atoms with Crippen molar-refractivity contribution in [3.63, 3.8) is 0 Å². The van der Waals surface area contributed by atoms with Gasteiger partial charge < -0.3 is 30.6 Å². The van der Waals surface area contributed by atoms with Crippen molar-refractivity contribution in [1.82, 2.24) is 15.7 Å². The van der Waals surface area contributed by atoms with Crippen LogP contribution in [0.25, 0.3) is 5.70 Å². The zero-order chi connectivity index (χ0) is 23.5. The molecule has 1 fully saturated rings. The fraction of sp³-hybridized carbons (Fsp3) is 0.435. The molecule has 10 nitrogen and oxygen atoms in total. The van der Waals surface area contributed by atoms with Crippen molar-refractivity contribution in [3.8, 4) is 0 Å². The Bertz CT molecular complexity index is 1030. The number of amidine groups is 1. The quantitative estimate of drug-likeness (QED) is 0.392. The third-order valence-corrected chi connectivity index (χ3v) is 5.73. The van der Waals surface area contributed by atoms with Crippen LogP contribution in [-0.2, 0) is 20.8 Å². The molecule has 0 aromatic heterocycles. The Labute approximate surface area is 192 Å². The normalized spacial score (nSPS) is 22.2. The van der Waals surface area contributed by atoms with Gasteiger partial charge >= 0.3 is 0 Å². The molecule has 5 N–H and O–H groups in total. The van der Waals surface area contributed by atoms with Crippen molar-refractivity contribution in [2.75, 3.05) is 18.4 Å². The first kappa shape index (κ1) is 23.0. The van der Waals surface area contributed by atoms with Crippen molar-refractivity contribution < 1.29 is 24.6 Å². The van der Waals surface area contributed by atoms with Gasteiger partial charge in [0.15, 0.2) is 6.23 Å². The van der Waals surface area contributed by atoms with Crippen molar-refractivity contribution in [2.45, 2.75) is 45.6 Å². The number of benzene rings is 1. The zero-order valence-corrected chi connectivity index (χ0v) is 18.7. The second-order valence-corrected chi connectivity index (χ2v) is 8.32. The monoisotopic (exact) mass is 455 g/mol. The van der Waals surface area contributed by atoms with E-state index in [4.69, 9.17) is 4.84 Å². The van der Waals surface area contributed by atoms with Crippen LogP contribution in [-0.4, -0.2) is 58.3 Å².